The Morgan fingerprint density at radius 3 is 2.80 bits per heavy atom. The zero-order chi connectivity index (χ0) is 10.8. The van der Waals surface area contributed by atoms with Crippen LogP contribution >= 0.6 is 0 Å². The van der Waals surface area contributed by atoms with E-state index in [0.717, 1.165) is 0 Å². The average Bonchev–Trinajstić information content (AvgIpc) is 2.27. The van der Waals surface area contributed by atoms with Crippen molar-refractivity contribution >= 4 is 5.69 Å². The van der Waals surface area contributed by atoms with Gasteiger partial charge in [0.25, 0.3) is 0 Å². The van der Waals surface area contributed by atoms with Gasteiger partial charge in [0.1, 0.15) is 24.8 Å². The monoisotopic (exact) mass is 206 g/mol. The third-order valence-electron chi connectivity index (χ3n) is 1.99. The van der Waals surface area contributed by atoms with E-state index in [1.54, 1.807) is 6.07 Å². The van der Waals surface area contributed by atoms with Gasteiger partial charge in [0.05, 0.1) is 4.92 Å². The van der Waals surface area contributed by atoms with Crippen molar-refractivity contribution in [2.75, 3.05) is 13.2 Å². The molecule has 0 amide bonds. The van der Waals surface area contributed by atoms with Gasteiger partial charge in [-0.25, -0.2) is 0 Å². The van der Waals surface area contributed by atoms with Crippen molar-refractivity contribution in [3.8, 4) is 17.6 Å². The van der Waals surface area contributed by atoms with E-state index in [-0.39, 0.29) is 23.6 Å². The van der Waals surface area contributed by atoms with E-state index in [0.29, 0.717) is 12.4 Å². The predicted molar refractivity (Wildman–Crippen MR) is 48.8 cm³/mol. The first-order chi connectivity index (χ1) is 7.24. The van der Waals surface area contributed by atoms with Gasteiger partial charge < -0.3 is 9.47 Å². The van der Waals surface area contributed by atoms with Crippen LogP contribution in [0.5, 0.6) is 11.5 Å². The standard InChI is InChI=1S/C9H6N2O4/c10-5-6-1-2-7-9(8(6)11(12)13)15-4-3-14-7/h1-2H,3-4H2. The highest BCUT2D eigenvalue weighted by atomic mass is 16.6. The lowest BCUT2D eigenvalue weighted by Crippen LogP contribution is -2.16. The molecule has 0 saturated heterocycles. The van der Waals surface area contributed by atoms with Gasteiger partial charge in [-0.15, -0.1) is 0 Å². The van der Waals surface area contributed by atoms with Crippen molar-refractivity contribution in [3.63, 3.8) is 0 Å². The van der Waals surface area contributed by atoms with E-state index in [1.807, 2.05) is 0 Å². The first-order valence-corrected chi connectivity index (χ1v) is 4.21. The molecule has 0 bridgehead atoms. The minimum Gasteiger partial charge on any atom is -0.486 e. The average molecular weight is 206 g/mol. The molecule has 0 N–H and O–H groups in total. The first kappa shape index (κ1) is 9.27. The van der Waals surface area contributed by atoms with Crippen LogP contribution in [0, 0.1) is 21.4 Å². The summed E-state index contributed by atoms with van der Waals surface area (Å²) in [6.45, 7) is 0.610. The van der Waals surface area contributed by atoms with E-state index in [4.69, 9.17) is 14.7 Å². The minimum atomic E-state index is -0.633. The molecule has 0 unspecified atom stereocenters. The summed E-state index contributed by atoms with van der Waals surface area (Å²) < 4.78 is 10.3. The Labute approximate surface area is 84.8 Å². The third-order valence-corrected chi connectivity index (χ3v) is 1.99. The maximum Gasteiger partial charge on any atom is 0.332 e. The Morgan fingerprint density at radius 1 is 1.40 bits per heavy atom. The van der Waals surface area contributed by atoms with Gasteiger partial charge in [-0.3, -0.25) is 10.1 Å². The minimum absolute atomic E-state index is 0.0238. The first-order valence-electron chi connectivity index (χ1n) is 4.21. The highest BCUT2D eigenvalue weighted by Crippen LogP contribution is 2.40. The molecule has 1 aliphatic heterocycles. The molecule has 0 radical (unpaired) electrons. The summed E-state index contributed by atoms with van der Waals surface area (Å²) in [7, 11) is 0. The van der Waals surface area contributed by atoms with E-state index >= 15 is 0 Å². The van der Waals surface area contributed by atoms with Crippen molar-refractivity contribution < 1.29 is 14.4 Å². The molecular formula is C9H6N2O4. The van der Waals surface area contributed by atoms with Crippen LogP contribution in [0.2, 0.25) is 0 Å². The SMILES string of the molecule is N#Cc1ccc2c(c1[N+](=O)[O-])OCCO2. The fourth-order valence-electron chi connectivity index (χ4n) is 1.37. The maximum atomic E-state index is 10.8. The van der Waals surface area contributed by atoms with E-state index in [1.165, 1.54) is 12.1 Å². The second kappa shape index (κ2) is 3.46. The fraction of sp³-hybridized carbons (Fsp3) is 0.222. The van der Waals surface area contributed by atoms with Crippen LogP contribution in [0.1, 0.15) is 5.56 Å². The van der Waals surface area contributed by atoms with Gasteiger partial charge in [0, 0.05) is 0 Å². The lowest BCUT2D eigenvalue weighted by atomic mass is 10.1. The molecule has 0 saturated carbocycles. The number of ether oxygens (including phenoxy) is 2. The summed E-state index contributed by atoms with van der Waals surface area (Å²) >= 11 is 0. The van der Waals surface area contributed by atoms with Gasteiger partial charge in [-0.05, 0) is 12.1 Å². The molecule has 6 heteroatoms. The number of nitro groups is 1. The Hall–Kier alpha value is -2.29. The highest BCUT2D eigenvalue weighted by molar-refractivity contribution is 5.64. The van der Waals surface area contributed by atoms with E-state index in [2.05, 4.69) is 0 Å². The summed E-state index contributed by atoms with van der Waals surface area (Å²) in [5.41, 5.74) is -0.348. The number of nitriles is 1. The van der Waals surface area contributed by atoms with Crippen molar-refractivity contribution in [1.82, 2.24) is 0 Å². The van der Waals surface area contributed by atoms with Crippen LogP contribution in [0.25, 0.3) is 0 Å². The lowest BCUT2D eigenvalue weighted by Gasteiger charge is -2.17. The molecule has 1 aliphatic rings. The molecule has 0 aliphatic carbocycles. The molecule has 76 valence electrons. The molecule has 2 rings (SSSR count). The van der Waals surface area contributed by atoms with Crippen LogP contribution < -0.4 is 9.47 Å². The van der Waals surface area contributed by atoms with E-state index in [9.17, 15) is 10.1 Å². The Morgan fingerprint density at radius 2 is 2.13 bits per heavy atom. The number of rotatable bonds is 1. The highest BCUT2D eigenvalue weighted by Gasteiger charge is 2.27. The van der Waals surface area contributed by atoms with Gasteiger partial charge in [0.2, 0.25) is 5.75 Å². The number of benzene rings is 1. The van der Waals surface area contributed by atoms with Crippen LogP contribution in [-0.2, 0) is 0 Å². The molecule has 1 heterocycles. The van der Waals surface area contributed by atoms with E-state index < -0.39 is 4.92 Å². The predicted octanol–water partition coefficient (Wildman–Crippen LogP) is 1.24. The van der Waals surface area contributed by atoms with Gasteiger partial charge in [-0.2, -0.15) is 5.26 Å². The number of nitrogens with zero attached hydrogens (tertiary/aromatic N) is 2. The number of hydrogen-bond acceptors (Lipinski definition) is 5. The molecule has 0 fully saturated rings. The van der Waals surface area contributed by atoms with Crippen LogP contribution in [0.3, 0.4) is 0 Å². The number of nitro benzene ring substituents is 1. The van der Waals surface area contributed by atoms with Crippen molar-refractivity contribution in [1.29, 1.82) is 5.26 Å². The van der Waals surface area contributed by atoms with Crippen molar-refractivity contribution in [2.24, 2.45) is 0 Å². The summed E-state index contributed by atoms with van der Waals surface area (Å²) in [4.78, 5) is 10.1. The molecule has 0 atom stereocenters. The lowest BCUT2D eigenvalue weighted by molar-refractivity contribution is -0.386. The van der Waals surface area contributed by atoms with Crippen LogP contribution in [0.15, 0.2) is 12.1 Å². The van der Waals surface area contributed by atoms with Crippen LogP contribution in [0.4, 0.5) is 5.69 Å². The summed E-state index contributed by atoms with van der Waals surface area (Å²) in [6, 6.07) is 4.60. The fourth-order valence-corrected chi connectivity index (χ4v) is 1.37. The van der Waals surface area contributed by atoms with Gasteiger partial charge in [-0.1, -0.05) is 0 Å². The molecular weight excluding hydrogens is 200 g/mol. The number of hydrogen-bond donors (Lipinski definition) is 0. The zero-order valence-electron chi connectivity index (χ0n) is 7.60. The van der Waals surface area contributed by atoms with Gasteiger partial charge >= 0.3 is 5.69 Å². The summed E-state index contributed by atoms with van der Waals surface area (Å²) in [5.74, 6) is 0.359. The zero-order valence-corrected chi connectivity index (χ0v) is 7.60. The smallest absolute Gasteiger partial charge is 0.332 e. The molecule has 15 heavy (non-hydrogen) atoms. The van der Waals surface area contributed by atoms with Gasteiger partial charge in [0.15, 0.2) is 5.75 Å². The van der Waals surface area contributed by atoms with Crippen molar-refractivity contribution in [2.45, 2.75) is 0 Å². The second-order valence-corrected chi connectivity index (χ2v) is 2.85. The molecule has 0 aromatic heterocycles. The Kier molecular flexibility index (Phi) is 2.14. The molecule has 1 aromatic rings. The molecule has 6 nitrogen and oxygen atoms in total. The largest absolute Gasteiger partial charge is 0.486 e. The summed E-state index contributed by atoms with van der Waals surface area (Å²) in [6.07, 6.45) is 0. The topological polar surface area (TPSA) is 85.4 Å². The third kappa shape index (κ3) is 1.44. The Balaban J connectivity index is 2.66. The second-order valence-electron chi connectivity index (χ2n) is 2.85. The summed E-state index contributed by atoms with van der Waals surface area (Å²) in [5, 5.41) is 19.5. The normalized spacial score (nSPS) is 13.0. The molecule has 0 spiro atoms. The quantitative estimate of drug-likeness (QED) is 0.509. The van der Waals surface area contributed by atoms with Crippen LogP contribution in [-0.4, -0.2) is 18.1 Å². The Bertz CT molecular complexity index is 464. The van der Waals surface area contributed by atoms with Crippen molar-refractivity contribution in [3.05, 3.63) is 27.8 Å². The number of fused-ring (bicyclic) bond motifs is 1. The molecule has 1 aromatic carbocycles. The maximum absolute atomic E-state index is 10.8.